The zero-order chi connectivity index (χ0) is 12.4. The number of nitrogens with zero attached hydrogens (tertiary/aromatic N) is 2. The molecule has 98 valence electrons. The van der Waals surface area contributed by atoms with Gasteiger partial charge in [-0.3, -0.25) is 9.88 Å². The highest BCUT2D eigenvalue weighted by atomic mass is 16.5. The van der Waals surface area contributed by atoms with Crippen LogP contribution in [0.1, 0.15) is 24.2 Å². The largest absolute Gasteiger partial charge is 0.372 e. The zero-order valence-corrected chi connectivity index (χ0v) is 10.9. The lowest BCUT2D eigenvalue weighted by Gasteiger charge is -2.31. The number of pyridine rings is 1. The second-order valence-electron chi connectivity index (χ2n) is 5.30. The molecule has 0 aromatic carbocycles. The molecule has 0 aliphatic carbocycles. The zero-order valence-electron chi connectivity index (χ0n) is 10.9. The van der Waals surface area contributed by atoms with Gasteiger partial charge in [-0.15, -0.1) is 0 Å². The molecule has 2 unspecified atom stereocenters. The maximum absolute atomic E-state index is 5.86. The molecular formula is C14H21N3O. The average Bonchev–Trinajstić information content (AvgIpc) is 2.70. The fraction of sp³-hybridized carbons (Fsp3) is 0.643. The molecule has 2 atom stereocenters. The van der Waals surface area contributed by atoms with Gasteiger partial charge in [-0.2, -0.15) is 0 Å². The summed E-state index contributed by atoms with van der Waals surface area (Å²) in [7, 11) is 1.95. The lowest BCUT2D eigenvalue weighted by atomic mass is 10.2. The highest BCUT2D eigenvalue weighted by molar-refractivity contribution is 5.11. The minimum Gasteiger partial charge on any atom is -0.372 e. The summed E-state index contributed by atoms with van der Waals surface area (Å²) in [6.45, 7) is 3.92. The Hall–Kier alpha value is -0.970. The summed E-state index contributed by atoms with van der Waals surface area (Å²) in [6.07, 6.45) is 3.39. The van der Waals surface area contributed by atoms with Crippen molar-refractivity contribution in [3.05, 3.63) is 29.6 Å². The van der Waals surface area contributed by atoms with Crippen LogP contribution in [0, 0.1) is 0 Å². The van der Waals surface area contributed by atoms with Crippen molar-refractivity contribution in [1.82, 2.24) is 15.2 Å². The van der Waals surface area contributed by atoms with Gasteiger partial charge in [0, 0.05) is 26.2 Å². The molecule has 1 N–H and O–H groups in total. The van der Waals surface area contributed by atoms with Crippen LogP contribution >= 0.6 is 0 Å². The van der Waals surface area contributed by atoms with E-state index in [1.807, 2.05) is 7.05 Å². The molecule has 18 heavy (non-hydrogen) atoms. The number of ether oxygens (including phenoxy) is 1. The van der Waals surface area contributed by atoms with Crippen LogP contribution in [0.3, 0.4) is 0 Å². The maximum atomic E-state index is 5.86. The molecule has 2 bridgehead atoms. The Morgan fingerprint density at radius 3 is 2.72 bits per heavy atom. The van der Waals surface area contributed by atoms with Crippen LogP contribution in [0.2, 0.25) is 0 Å². The van der Waals surface area contributed by atoms with E-state index >= 15 is 0 Å². The summed E-state index contributed by atoms with van der Waals surface area (Å²) in [5.41, 5.74) is 2.29. The third-order valence-corrected chi connectivity index (χ3v) is 3.73. The quantitative estimate of drug-likeness (QED) is 0.866. The SMILES string of the molecule is CNCc1cccc(CN2CC3CCC(C2)O3)n1. The molecule has 4 heteroatoms. The first-order chi connectivity index (χ1) is 8.83. The number of rotatable bonds is 4. The molecule has 0 spiro atoms. The van der Waals surface area contributed by atoms with E-state index < -0.39 is 0 Å². The lowest BCUT2D eigenvalue weighted by Crippen LogP contribution is -2.42. The summed E-state index contributed by atoms with van der Waals surface area (Å²) in [5, 5.41) is 3.14. The van der Waals surface area contributed by atoms with Gasteiger partial charge in [0.05, 0.1) is 23.6 Å². The summed E-state index contributed by atoms with van der Waals surface area (Å²) in [5.74, 6) is 0. The van der Waals surface area contributed by atoms with Crippen molar-refractivity contribution < 1.29 is 4.74 Å². The molecule has 3 heterocycles. The molecule has 2 aliphatic heterocycles. The topological polar surface area (TPSA) is 37.4 Å². The van der Waals surface area contributed by atoms with E-state index in [1.165, 1.54) is 18.5 Å². The van der Waals surface area contributed by atoms with Crippen LogP contribution in [0.15, 0.2) is 18.2 Å². The predicted molar refractivity (Wildman–Crippen MR) is 70.2 cm³/mol. The number of hydrogen-bond acceptors (Lipinski definition) is 4. The second-order valence-corrected chi connectivity index (χ2v) is 5.30. The molecule has 0 amide bonds. The van der Waals surface area contributed by atoms with Crippen molar-refractivity contribution in [3.63, 3.8) is 0 Å². The first-order valence-electron chi connectivity index (χ1n) is 6.80. The summed E-state index contributed by atoms with van der Waals surface area (Å²) in [4.78, 5) is 7.17. The van der Waals surface area contributed by atoms with E-state index in [0.717, 1.165) is 31.9 Å². The average molecular weight is 247 g/mol. The van der Waals surface area contributed by atoms with Crippen LogP contribution in [-0.2, 0) is 17.8 Å². The first kappa shape index (κ1) is 12.1. The van der Waals surface area contributed by atoms with Gasteiger partial charge in [-0.25, -0.2) is 0 Å². The van der Waals surface area contributed by atoms with Crippen molar-refractivity contribution in [3.8, 4) is 0 Å². The van der Waals surface area contributed by atoms with Crippen LogP contribution < -0.4 is 5.32 Å². The number of nitrogens with one attached hydrogen (secondary N) is 1. The third kappa shape index (κ3) is 2.71. The molecule has 1 aromatic rings. The fourth-order valence-electron chi connectivity index (χ4n) is 2.95. The Morgan fingerprint density at radius 2 is 2.00 bits per heavy atom. The van der Waals surface area contributed by atoms with Gasteiger partial charge in [0.25, 0.3) is 0 Å². The third-order valence-electron chi connectivity index (χ3n) is 3.73. The number of hydrogen-bond donors (Lipinski definition) is 1. The maximum Gasteiger partial charge on any atom is 0.0707 e. The van der Waals surface area contributed by atoms with E-state index in [-0.39, 0.29) is 0 Å². The van der Waals surface area contributed by atoms with Crippen LogP contribution in [-0.4, -0.2) is 42.2 Å². The Labute approximate surface area is 108 Å². The summed E-state index contributed by atoms with van der Waals surface area (Å²) < 4.78 is 5.86. The fourth-order valence-corrected chi connectivity index (χ4v) is 2.95. The number of morpholine rings is 1. The first-order valence-corrected chi connectivity index (χ1v) is 6.80. The highest BCUT2D eigenvalue weighted by Crippen LogP contribution is 2.26. The van der Waals surface area contributed by atoms with Crippen molar-refractivity contribution in [2.24, 2.45) is 0 Å². The van der Waals surface area contributed by atoms with Gasteiger partial charge < -0.3 is 10.1 Å². The summed E-state index contributed by atoms with van der Waals surface area (Å²) in [6, 6.07) is 6.30. The molecule has 2 aliphatic rings. The molecule has 3 rings (SSSR count). The van der Waals surface area contributed by atoms with Gasteiger partial charge in [-0.05, 0) is 32.0 Å². The Kier molecular flexibility index (Phi) is 3.59. The van der Waals surface area contributed by atoms with Crippen molar-refractivity contribution in [1.29, 1.82) is 0 Å². The van der Waals surface area contributed by atoms with Crippen molar-refractivity contribution >= 4 is 0 Å². The van der Waals surface area contributed by atoms with E-state index in [1.54, 1.807) is 0 Å². The number of fused-ring (bicyclic) bond motifs is 2. The molecular weight excluding hydrogens is 226 g/mol. The van der Waals surface area contributed by atoms with Gasteiger partial charge in [0.2, 0.25) is 0 Å². The monoisotopic (exact) mass is 247 g/mol. The van der Waals surface area contributed by atoms with E-state index in [4.69, 9.17) is 4.74 Å². The van der Waals surface area contributed by atoms with Gasteiger partial charge >= 0.3 is 0 Å². The smallest absolute Gasteiger partial charge is 0.0707 e. The number of aromatic nitrogens is 1. The van der Waals surface area contributed by atoms with E-state index in [9.17, 15) is 0 Å². The molecule has 2 saturated heterocycles. The van der Waals surface area contributed by atoms with Gasteiger partial charge in [0.15, 0.2) is 0 Å². The molecule has 2 fully saturated rings. The second kappa shape index (κ2) is 5.34. The molecule has 1 aromatic heterocycles. The minimum atomic E-state index is 0.462. The van der Waals surface area contributed by atoms with Crippen LogP contribution in [0.5, 0.6) is 0 Å². The van der Waals surface area contributed by atoms with Crippen LogP contribution in [0.4, 0.5) is 0 Å². The van der Waals surface area contributed by atoms with Crippen LogP contribution in [0.25, 0.3) is 0 Å². The Bertz CT molecular complexity index is 398. The van der Waals surface area contributed by atoms with E-state index in [2.05, 4.69) is 33.4 Å². The Morgan fingerprint density at radius 1 is 1.28 bits per heavy atom. The molecule has 0 radical (unpaired) electrons. The number of likely N-dealkylation sites (tertiary alicyclic amines) is 1. The van der Waals surface area contributed by atoms with E-state index in [0.29, 0.717) is 12.2 Å². The molecule has 4 nitrogen and oxygen atoms in total. The predicted octanol–water partition coefficient (Wildman–Crippen LogP) is 1.16. The van der Waals surface area contributed by atoms with Gasteiger partial charge in [0.1, 0.15) is 0 Å². The summed E-state index contributed by atoms with van der Waals surface area (Å²) >= 11 is 0. The Balaban J connectivity index is 1.63. The lowest BCUT2D eigenvalue weighted by molar-refractivity contribution is -0.0414. The van der Waals surface area contributed by atoms with Crippen molar-refractivity contribution in [2.75, 3.05) is 20.1 Å². The normalized spacial score (nSPS) is 27.6. The van der Waals surface area contributed by atoms with Gasteiger partial charge in [-0.1, -0.05) is 6.07 Å². The highest BCUT2D eigenvalue weighted by Gasteiger charge is 2.33. The minimum absolute atomic E-state index is 0.462. The molecule has 0 saturated carbocycles. The van der Waals surface area contributed by atoms with Crippen molar-refractivity contribution in [2.45, 2.75) is 38.1 Å². The standard InChI is InChI=1S/C14H21N3O/c1-15-7-11-3-2-4-12(16-11)8-17-9-13-5-6-14(10-17)18-13/h2-4,13-15H,5-10H2,1H3.